The van der Waals surface area contributed by atoms with Crippen molar-refractivity contribution in [2.75, 3.05) is 11.7 Å². The molecule has 1 heterocycles. The zero-order chi connectivity index (χ0) is 9.26. The van der Waals surface area contributed by atoms with E-state index in [9.17, 15) is 4.79 Å². The SMILES string of the molecule is Cc1cccc(N2OCCC2=O)c1. The lowest BCUT2D eigenvalue weighted by atomic mass is 10.2. The summed E-state index contributed by atoms with van der Waals surface area (Å²) >= 11 is 0. The van der Waals surface area contributed by atoms with E-state index in [0.29, 0.717) is 13.0 Å². The van der Waals surface area contributed by atoms with Crippen molar-refractivity contribution < 1.29 is 9.63 Å². The molecule has 0 radical (unpaired) electrons. The molecule has 0 aliphatic carbocycles. The molecule has 0 spiro atoms. The molecule has 1 aliphatic rings. The minimum atomic E-state index is 0.0330. The normalized spacial score (nSPS) is 16.7. The average Bonchev–Trinajstić information content (AvgIpc) is 2.51. The molecule has 0 saturated carbocycles. The van der Waals surface area contributed by atoms with Crippen LogP contribution in [0.25, 0.3) is 0 Å². The fourth-order valence-electron chi connectivity index (χ4n) is 1.37. The van der Waals surface area contributed by atoms with Crippen LogP contribution in [0, 0.1) is 6.92 Å². The molecule has 1 aliphatic heterocycles. The molecule has 1 amide bonds. The summed E-state index contributed by atoms with van der Waals surface area (Å²) in [5.74, 6) is 0.0330. The second-order valence-corrected chi connectivity index (χ2v) is 3.11. The van der Waals surface area contributed by atoms with Gasteiger partial charge in [-0.2, -0.15) is 5.06 Å². The van der Waals surface area contributed by atoms with E-state index in [0.717, 1.165) is 11.3 Å². The average molecular weight is 177 g/mol. The van der Waals surface area contributed by atoms with Gasteiger partial charge in [0.2, 0.25) is 0 Å². The molecule has 0 atom stereocenters. The van der Waals surface area contributed by atoms with E-state index in [-0.39, 0.29) is 5.91 Å². The Labute approximate surface area is 76.9 Å². The van der Waals surface area contributed by atoms with Crippen LogP contribution in [-0.4, -0.2) is 12.5 Å². The van der Waals surface area contributed by atoms with Crippen molar-refractivity contribution in [3.05, 3.63) is 29.8 Å². The Morgan fingerprint density at radius 2 is 2.31 bits per heavy atom. The third kappa shape index (κ3) is 1.55. The number of rotatable bonds is 1. The van der Waals surface area contributed by atoms with Crippen LogP contribution in [-0.2, 0) is 9.63 Å². The number of anilines is 1. The predicted molar refractivity (Wildman–Crippen MR) is 49.2 cm³/mol. The van der Waals surface area contributed by atoms with Crippen molar-refractivity contribution in [1.29, 1.82) is 0 Å². The van der Waals surface area contributed by atoms with Crippen molar-refractivity contribution in [3.8, 4) is 0 Å². The van der Waals surface area contributed by atoms with E-state index in [1.54, 1.807) is 0 Å². The van der Waals surface area contributed by atoms with Gasteiger partial charge >= 0.3 is 0 Å². The van der Waals surface area contributed by atoms with Crippen LogP contribution in [0.3, 0.4) is 0 Å². The molecule has 3 nitrogen and oxygen atoms in total. The number of carbonyl (C=O) groups excluding carboxylic acids is 1. The fraction of sp³-hybridized carbons (Fsp3) is 0.300. The molecule has 0 aromatic heterocycles. The van der Waals surface area contributed by atoms with Crippen LogP contribution >= 0.6 is 0 Å². The molecule has 0 unspecified atom stereocenters. The molecule has 1 saturated heterocycles. The standard InChI is InChI=1S/C10H11NO2/c1-8-3-2-4-9(7-8)11-10(12)5-6-13-11/h2-4,7H,5-6H2,1H3. The van der Waals surface area contributed by atoms with Crippen LogP contribution in [0.5, 0.6) is 0 Å². The zero-order valence-corrected chi connectivity index (χ0v) is 7.49. The van der Waals surface area contributed by atoms with Gasteiger partial charge in [-0.3, -0.25) is 9.63 Å². The van der Waals surface area contributed by atoms with Crippen molar-refractivity contribution in [3.63, 3.8) is 0 Å². The summed E-state index contributed by atoms with van der Waals surface area (Å²) in [6, 6.07) is 7.71. The van der Waals surface area contributed by atoms with Crippen LogP contribution in [0.4, 0.5) is 5.69 Å². The number of hydrogen-bond donors (Lipinski definition) is 0. The van der Waals surface area contributed by atoms with Gasteiger partial charge in [0.15, 0.2) is 0 Å². The largest absolute Gasteiger partial charge is 0.272 e. The molecule has 1 aromatic carbocycles. The lowest BCUT2D eigenvalue weighted by Gasteiger charge is -2.13. The van der Waals surface area contributed by atoms with Gasteiger partial charge in [-0.15, -0.1) is 0 Å². The maximum atomic E-state index is 11.3. The summed E-state index contributed by atoms with van der Waals surface area (Å²) in [7, 11) is 0. The molecule has 1 aromatic rings. The molecule has 68 valence electrons. The summed E-state index contributed by atoms with van der Waals surface area (Å²) in [6.45, 7) is 2.48. The van der Waals surface area contributed by atoms with E-state index in [4.69, 9.17) is 4.84 Å². The quantitative estimate of drug-likeness (QED) is 0.653. The molecule has 3 heteroatoms. The summed E-state index contributed by atoms with van der Waals surface area (Å²) in [6.07, 6.45) is 0.480. The number of carbonyl (C=O) groups is 1. The first-order valence-corrected chi connectivity index (χ1v) is 4.30. The van der Waals surface area contributed by atoms with E-state index >= 15 is 0 Å². The number of nitrogens with zero attached hydrogens (tertiary/aromatic N) is 1. The van der Waals surface area contributed by atoms with E-state index < -0.39 is 0 Å². The first-order chi connectivity index (χ1) is 6.27. The number of amides is 1. The Hall–Kier alpha value is -1.35. The maximum Gasteiger partial charge on any atom is 0.253 e. The van der Waals surface area contributed by atoms with Crippen LogP contribution < -0.4 is 5.06 Å². The first kappa shape index (κ1) is 8.26. The van der Waals surface area contributed by atoms with Crippen molar-refractivity contribution in [1.82, 2.24) is 0 Å². The van der Waals surface area contributed by atoms with E-state index in [1.165, 1.54) is 5.06 Å². The second-order valence-electron chi connectivity index (χ2n) is 3.11. The van der Waals surface area contributed by atoms with Crippen LogP contribution in [0.2, 0.25) is 0 Å². The van der Waals surface area contributed by atoms with Crippen molar-refractivity contribution in [2.24, 2.45) is 0 Å². The molecule has 1 fully saturated rings. The minimum Gasteiger partial charge on any atom is -0.272 e. The zero-order valence-electron chi connectivity index (χ0n) is 7.49. The van der Waals surface area contributed by atoms with Crippen molar-refractivity contribution >= 4 is 11.6 Å². The lowest BCUT2D eigenvalue weighted by Crippen LogP contribution is -2.22. The highest BCUT2D eigenvalue weighted by atomic mass is 16.7. The molecule has 2 rings (SSSR count). The number of hydroxylamine groups is 1. The van der Waals surface area contributed by atoms with Gasteiger partial charge in [-0.25, -0.2) is 0 Å². The molecule has 0 bridgehead atoms. The van der Waals surface area contributed by atoms with Crippen molar-refractivity contribution in [2.45, 2.75) is 13.3 Å². The molecule has 13 heavy (non-hydrogen) atoms. The summed E-state index contributed by atoms with van der Waals surface area (Å²) in [4.78, 5) is 16.5. The highest BCUT2D eigenvalue weighted by Crippen LogP contribution is 2.20. The van der Waals surface area contributed by atoms with Gasteiger partial charge in [0.1, 0.15) is 0 Å². The summed E-state index contributed by atoms with van der Waals surface area (Å²) in [5.41, 5.74) is 1.95. The first-order valence-electron chi connectivity index (χ1n) is 4.30. The highest BCUT2D eigenvalue weighted by Gasteiger charge is 2.22. The Morgan fingerprint density at radius 1 is 1.46 bits per heavy atom. The number of benzene rings is 1. The Kier molecular flexibility index (Phi) is 2.02. The van der Waals surface area contributed by atoms with Gasteiger partial charge in [-0.05, 0) is 24.6 Å². The highest BCUT2D eigenvalue weighted by molar-refractivity contribution is 5.92. The molecular formula is C10H11NO2. The van der Waals surface area contributed by atoms with Crippen LogP contribution in [0.15, 0.2) is 24.3 Å². The third-order valence-electron chi connectivity index (χ3n) is 2.00. The summed E-state index contributed by atoms with van der Waals surface area (Å²) < 4.78 is 0. The Balaban J connectivity index is 2.29. The predicted octanol–water partition coefficient (Wildman–Crippen LogP) is 1.66. The number of aryl methyl sites for hydroxylation is 1. The molecule has 0 N–H and O–H groups in total. The second kappa shape index (κ2) is 3.18. The smallest absolute Gasteiger partial charge is 0.253 e. The topological polar surface area (TPSA) is 29.5 Å². The third-order valence-corrected chi connectivity index (χ3v) is 2.00. The fourth-order valence-corrected chi connectivity index (χ4v) is 1.37. The van der Waals surface area contributed by atoms with Gasteiger partial charge in [-0.1, -0.05) is 12.1 Å². The van der Waals surface area contributed by atoms with E-state index in [2.05, 4.69) is 0 Å². The Bertz CT molecular complexity index is 335. The minimum absolute atomic E-state index is 0.0330. The lowest BCUT2D eigenvalue weighted by molar-refractivity contribution is -0.119. The van der Waals surface area contributed by atoms with Gasteiger partial charge in [0.05, 0.1) is 18.7 Å². The summed E-state index contributed by atoms with van der Waals surface area (Å²) in [5, 5.41) is 1.37. The van der Waals surface area contributed by atoms with Gasteiger partial charge < -0.3 is 0 Å². The van der Waals surface area contributed by atoms with Gasteiger partial charge in [0.25, 0.3) is 5.91 Å². The number of hydrogen-bond acceptors (Lipinski definition) is 2. The maximum absolute atomic E-state index is 11.3. The van der Waals surface area contributed by atoms with E-state index in [1.807, 2.05) is 31.2 Å². The Morgan fingerprint density at radius 3 is 2.92 bits per heavy atom. The monoisotopic (exact) mass is 177 g/mol. The van der Waals surface area contributed by atoms with Crippen LogP contribution in [0.1, 0.15) is 12.0 Å². The molecular weight excluding hydrogens is 166 g/mol. The van der Waals surface area contributed by atoms with Gasteiger partial charge in [0, 0.05) is 0 Å².